The first kappa shape index (κ1) is 13.0. The van der Waals surface area contributed by atoms with Crippen LogP contribution in [0, 0.1) is 10.1 Å². The number of nitrogens with one attached hydrogen (secondary N) is 1. The van der Waals surface area contributed by atoms with Crippen molar-refractivity contribution in [2.45, 2.75) is 0 Å². The molecule has 1 amide bonds. The molecule has 1 fully saturated rings. The number of benzene rings is 1. The molecule has 0 bridgehead atoms. The SMILES string of the molecule is O=C1CS/C(=N\N=C\c2cc([N+](=O)[O-])ccc2O)N1. The number of hydrogen-bond donors (Lipinski definition) is 2. The van der Waals surface area contributed by atoms with E-state index in [4.69, 9.17) is 0 Å². The maximum absolute atomic E-state index is 10.9. The molecule has 2 rings (SSSR count). The maximum atomic E-state index is 10.9. The summed E-state index contributed by atoms with van der Waals surface area (Å²) in [5, 5.41) is 30.3. The minimum atomic E-state index is -0.574. The topological polar surface area (TPSA) is 117 Å². The average Bonchev–Trinajstić information content (AvgIpc) is 2.77. The molecule has 1 aromatic carbocycles. The van der Waals surface area contributed by atoms with Gasteiger partial charge in [-0.1, -0.05) is 11.8 Å². The van der Waals surface area contributed by atoms with Gasteiger partial charge in [0.05, 0.1) is 16.9 Å². The molecule has 1 heterocycles. The molecule has 98 valence electrons. The largest absolute Gasteiger partial charge is 0.507 e. The van der Waals surface area contributed by atoms with Crippen molar-refractivity contribution in [3.8, 4) is 5.75 Å². The highest BCUT2D eigenvalue weighted by Crippen LogP contribution is 2.21. The van der Waals surface area contributed by atoms with Gasteiger partial charge in [0.25, 0.3) is 5.69 Å². The van der Waals surface area contributed by atoms with Crippen molar-refractivity contribution in [2.75, 3.05) is 5.75 Å². The summed E-state index contributed by atoms with van der Waals surface area (Å²) < 4.78 is 0. The van der Waals surface area contributed by atoms with E-state index < -0.39 is 4.92 Å². The summed E-state index contributed by atoms with van der Waals surface area (Å²) in [4.78, 5) is 20.9. The molecule has 9 heteroatoms. The highest BCUT2D eigenvalue weighted by molar-refractivity contribution is 8.15. The Labute approximate surface area is 111 Å². The third kappa shape index (κ3) is 3.28. The Morgan fingerprint density at radius 1 is 1.53 bits per heavy atom. The van der Waals surface area contributed by atoms with Gasteiger partial charge in [-0.15, -0.1) is 5.10 Å². The van der Waals surface area contributed by atoms with Gasteiger partial charge in [0, 0.05) is 17.7 Å². The average molecular weight is 280 g/mol. The molecule has 1 saturated heterocycles. The highest BCUT2D eigenvalue weighted by Gasteiger charge is 2.16. The molecule has 19 heavy (non-hydrogen) atoms. The summed E-state index contributed by atoms with van der Waals surface area (Å²) in [5.41, 5.74) is 0.0170. The van der Waals surface area contributed by atoms with Crippen LogP contribution in [-0.4, -0.2) is 33.1 Å². The summed E-state index contributed by atoms with van der Waals surface area (Å²) in [6.07, 6.45) is 1.18. The van der Waals surface area contributed by atoms with Crippen LogP contribution in [0.3, 0.4) is 0 Å². The Balaban J connectivity index is 2.16. The summed E-state index contributed by atoms with van der Waals surface area (Å²) in [6.45, 7) is 0. The molecular formula is C10H8N4O4S. The zero-order valence-electron chi connectivity index (χ0n) is 9.44. The van der Waals surface area contributed by atoms with Gasteiger partial charge in [0.1, 0.15) is 5.75 Å². The number of thioether (sulfide) groups is 1. The van der Waals surface area contributed by atoms with E-state index in [1.54, 1.807) is 0 Å². The zero-order valence-corrected chi connectivity index (χ0v) is 10.3. The Bertz CT molecular complexity index is 599. The molecule has 0 aliphatic carbocycles. The van der Waals surface area contributed by atoms with Crippen molar-refractivity contribution < 1.29 is 14.8 Å². The van der Waals surface area contributed by atoms with E-state index in [9.17, 15) is 20.0 Å². The van der Waals surface area contributed by atoms with Crippen LogP contribution in [0.5, 0.6) is 5.75 Å². The number of hydrogen-bond acceptors (Lipinski definition) is 7. The van der Waals surface area contributed by atoms with Crippen molar-refractivity contribution >= 4 is 34.7 Å². The Morgan fingerprint density at radius 3 is 2.95 bits per heavy atom. The van der Waals surface area contributed by atoms with Crippen LogP contribution in [0.25, 0.3) is 0 Å². The number of non-ortho nitro benzene ring substituents is 1. The molecule has 0 saturated carbocycles. The number of amides is 1. The minimum absolute atomic E-state index is 0.141. The minimum Gasteiger partial charge on any atom is -0.507 e. The Morgan fingerprint density at radius 2 is 2.32 bits per heavy atom. The lowest BCUT2D eigenvalue weighted by molar-refractivity contribution is -0.384. The number of phenols is 1. The second-order valence-corrected chi connectivity index (χ2v) is 4.45. The predicted molar refractivity (Wildman–Crippen MR) is 70.4 cm³/mol. The van der Waals surface area contributed by atoms with E-state index in [0.717, 1.165) is 0 Å². The van der Waals surface area contributed by atoms with Crippen LogP contribution in [0.2, 0.25) is 0 Å². The van der Waals surface area contributed by atoms with Crippen molar-refractivity contribution in [3.05, 3.63) is 33.9 Å². The molecular weight excluding hydrogens is 272 g/mol. The quantitative estimate of drug-likeness (QED) is 0.483. The van der Waals surface area contributed by atoms with Gasteiger partial charge < -0.3 is 10.4 Å². The van der Waals surface area contributed by atoms with Crippen LogP contribution in [0.4, 0.5) is 5.69 Å². The van der Waals surface area contributed by atoms with Crippen molar-refractivity contribution in [1.82, 2.24) is 5.32 Å². The monoisotopic (exact) mass is 280 g/mol. The van der Waals surface area contributed by atoms with Gasteiger partial charge in [-0.25, -0.2) is 0 Å². The molecule has 0 radical (unpaired) electrons. The lowest BCUT2D eigenvalue weighted by Gasteiger charge is -1.97. The van der Waals surface area contributed by atoms with E-state index in [2.05, 4.69) is 15.5 Å². The number of carbonyl (C=O) groups is 1. The van der Waals surface area contributed by atoms with Crippen molar-refractivity contribution in [1.29, 1.82) is 0 Å². The van der Waals surface area contributed by atoms with Gasteiger partial charge in [0.2, 0.25) is 5.91 Å². The zero-order chi connectivity index (χ0) is 13.8. The Kier molecular flexibility index (Phi) is 3.76. The van der Waals surface area contributed by atoms with E-state index in [1.807, 2.05) is 0 Å². The standard InChI is InChI=1S/C10H8N4O4S/c15-8-2-1-7(14(17)18)3-6(8)4-11-13-10-12-9(16)5-19-10/h1-4,15H,5H2,(H,12,13,16)/b11-4+. The summed E-state index contributed by atoms with van der Waals surface area (Å²) in [6, 6.07) is 3.57. The number of rotatable bonds is 3. The lowest BCUT2D eigenvalue weighted by atomic mass is 10.2. The van der Waals surface area contributed by atoms with Gasteiger partial charge >= 0.3 is 0 Å². The molecule has 0 aromatic heterocycles. The van der Waals surface area contributed by atoms with Crippen LogP contribution < -0.4 is 5.32 Å². The fourth-order valence-corrected chi connectivity index (χ4v) is 1.91. The van der Waals surface area contributed by atoms with Crippen LogP contribution in [-0.2, 0) is 4.79 Å². The molecule has 2 N–H and O–H groups in total. The van der Waals surface area contributed by atoms with Gasteiger partial charge in [-0.3, -0.25) is 14.9 Å². The Hall–Kier alpha value is -2.42. The fourth-order valence-electron chi connectivity index (χ4n) is 1.28. The van der Waals surface area contributed by atoms with E-state index >= 15 is 0 Å². The number of nitro groups is 1. The number of aromatic hydroxyl groups is 1. The van der Waals surface area contributed by atoms with Crippen LogP contribution in [0.1, 0.15) is 5.56 Å². The van der Waals surface area contributed by atoms with E-state index in [0.29, 0.717) is 5.17 Å². The predicted octanol–water partition coefficient (Wildman–Crippen LogP) is 0.853. The lowest BCUT2D eigenvalue weighted by Crippen LogP contribution is -2.19. The first-order valence-corrected chi connectivity index (χ1v) is 6.06. The summed E-state index contributed by atoms with van der Waals surface area (Å²) >= 11 is 1.20. The molecule has 8 nitrogen and oxygen atoms in total. The number of carbonyl (C=O) groups excluding carboxylic acids is 1. The van der Waals surface area contributed by atoms with Gasteiger partial charge in [-0.2, -0.15) is 5.10 Å². The number of nitrogens with zero attached hydrogens (tertiary/aromatic N) is 3. The van der Waals surface area contributed by atoms with Gasteiger partial charge in [-0.05, 0) is 6.07 Å². The molecule has 1 aromatic rings. The highest BCUT2D eigenvalue weighted by atomic mass is 32.2. The van der Waals surface area contributed by atoms with Gasteiger partial charge in [0.15, 0.2) is 5.17 Å². The first-order valence-electron chi connectivity index (χ1n) is 5.07. The third-order valence-electron chi connectivity index (χ3n) is 2.15. The smallest absolute Gasteiger partial charge is 0.270 e. The second kappa shape index (κ2) is 5.48. The number of nitro benzene ring substituents is 1. The number of amidine groups is 1. The van der Waals surface area contributed by atoms with Crippen molar-refractivity contribution in [2.24, 2.45) is 10.2 Å². The molecule has 1 aliphatic rings. The van der Waals surface area contributed by atoms with Crippen LogP contribution in [0.15, 0.2) is 28.4 Å². The van der Waals surface area contributed by atoms with Crippen molar-refractivity contribution in [3.63, 3.8) is 0 Å². The summed E-state index contributed by atoms with van der Waals surface area (Å²) in [5.74, 6) is -0.00837. The van der Waals surface area contributed by atoms with E-state index in [-0.39, 0.29) is 28.7 Å². The molecule has 0 atom stereocenters. The molecule has 0 unspecified atom stereocenters. The molecule has 0 spiro atoms. The third-order valence-corrected chi connectivity index (χ3v) is 3.02. The fraction of sp³-hybridized carbons (Fsp3) is 0.100. The second-order valence-electron chi connectivity index (χ2n) is 3.49. The maximum Gasteiger partial charge on any atom is 0.270 e. The normalized spacial score (nSPS) is 17.1. The molecule has 1 aliphatic heterocycles. The van der Waals surface area contributed by atoms with Crippen LogP contribution >= 0.6 is 11.8 Å². The first-order chi connectivity index (χ1) is 9.06. The number of phenolic OH excluding ortho intramolecular Hbond substituents is 1. The van der Waals surface area contributed by atoms with E-state index in [1.165, 1.54) is 36.2 Å². The summed E-state index contributed by atoms with van der Waals surface area (Å²) in [7, 11) is 0.